The van der Waals surface area contributed by atoms with E-state index in [2.05, 4.69) is 10.1 Å². The Balaban J connectivity index is 2.09. The Labute approximate surface area is 97.1 Å². The third kappa shape index (κ3) is 5.88. The highest BCUT2D eigenvalue weighted by Gasteiger charge is 2.29. The summed E-state index contributed by atoms with van der Waals surface area (Å²) in [5.74, 6) is -1.09. The van der Waals surface area contributed by atoms with Crippen LogP contribution in [0.4, 0.5) is 13.2 Å². The second kappa shape index (κ2) is 6.20. The maximum absolute atomic E-state index is 11.6. The average molecular weight is 255 g/mol. The lowest BCUT2D eigenvalue weighted by molar-refractivity contribution is -0.323. The van der Waals surface area contributed by atoms with Crippen molar-refractivity contribution in [2.45, 2.75) is 38.1 Å². The van der Waals surface area contributed by atoms with E-state index in [0.717, 1.165) is 0 Å². The molecule has 0 aromatic rings. The molecule has 1 fully saturated rings. The van der Waals surface area contributed by atoms with Crippen molar-refractivity contribution in [3.8, 4) is 0 Å². The van der Waals surface area contributed by atoms with Crippen LogP contribution < -0.4 is 5.32 Å². The highest BCUT2D eigenvalue weighted by atomic mass is 19.4. The van der Waals surface area contributed by atoms with Gasteiger partial charge in [0.25, 0.3) is 0 Å². The van der Waals surface area contributed by atoms with E-state index in [-0.39, 0.29) is 18.5 Å². The first kappa shape index (κ1) is 14.2. The molecule has 0 aromatic heterocycles. The number of carboxylic acid groups (broad SMARTS) is 1. The standard InChI is InChI=1S/C10H16F3NO3/c11-10(12,13)17-6-5-14-8-3-1-7(2-4-8)9(15)16/h7-8,14H,1-6H2,(H,15,16). The molecule has 0 radical (unpaired) electrons. The molecule has 0 atom stereocenters. The van der Waals surface area contributed by atoms with Gasteiger partial charge in [-0.1, -0.05) is 0 Å². The zero-order valence-electron chi connectivity index (χ0n) is 9.29. The molecule has 0 saturated heterocycles. The molecule has 0 heterocycles. The van der Waals surface area contributed by atoms with Crippen LogP contribution >= 0.6 is 0 Å². The molecule has 0 spiro atoms. The van der Waals surface area contributed by atoms with Gasteiger partial charge in [-0.2, -0.15) is 0 Å². The van der Waals surface area contributed by atoms with E-state index in [1.165, 1.54) is 0 Å². The predicted octanol–water partition coefficient (Wildman–Crippen LogP) is 1.76. The minimum atomic E-state index is -4.58. The van der Waals surface area contributed by atoms with Gasteiger partial charge in [0.2, 0.25) is 0 Å². The van der Waals surface area contributed by atoms with Crippen molar-refractivity contribution >= 4 is 5.97 Å². The summed E-state index contributed by atoms with van der Waals surface area (Å²) in [6, 6.07) is 0.0995. The summed E-state index contributed by atoms with van der Waals surface area (Å²) in [4.78, 5) is 10.7. The van der Waals surface area contributed by atoms with Gasteiger partial charge in [-0.05, 0) is 25.7 Å². The third-order valence-electron chi connectivity index (χ3n) is 2.88. The normalized spacial score (nSPS) is 25.8. The minimum Gasteiger partial charge on any atom is -0.481 e. The number of carbonyl (C=O) groups is 1. The molecule has 0 amide bonds. The van der Waals surface area contributed by atoms with Crippen molar-refractivity contribution < 1.29 is 27.8 Å². The lowest BCUT2D eigenvalue weighted by Crippen LogP contribution is -2.37. The maximum atomic E-state index is 11.6. The molecule has 1 rings (SSSR count). The second-order valence-corrected chi connectivity index (χ2v) is 4.14. The summed E-state index contributed by atoms with van der Waals surface area (Å²) in [6.45, 7) is -0.287. The highest BCUT2D eigenvalue weighted by Crippen LogP contribution is 2.24. The quantitative estimate of drug-likeness (QED) is 0.735. The number of halogens is 3. The van der Waals surface area contributed by atoms with Gasteiger partial charge in [0, 0.05) is 12.6 Å². The number of carboxylic acids is 1. The van der Waals surface area contributed by atoms with Crippen LogP contribution in [0.25, 0.3) is 0 Å². The molecular formula is C10H16F3NO3. The van der Waals surface area contributed by atoms with Crippen molar-refractivity contribution in [3.05, 3.63) is 0 Å². The van der Waals surface area contributed by atoms with Crippen LogP contribution in [0, 0.1) is 5.92 Å². The predicted molar refractivity (Wildman–Crippen MR) is 53.4 cm³/mol. The summed E-state index contributed by atoms with van der Waals surface area (Å²) in [5.41, 5.74) is 0. The summed E-state index contributed by atoms with van der Waals surface area (Å²) in [6.07, 6.45) is -2.06. The van der Waals surface area contributed by atoms with Crippen molar-refractivity contribution in [1.29, 1.82) is 0 Å². The van der Waals surface area contributed by atoms with Crippen molar-refractivity contribution in [3.63, 3.8) is 0 Å². The largest absolute Gasteiger partial charge is 0.522 e. The molecule has 100 valence electrons. The summed E-state index contributed by atoms with van der Waals surface area (Å²) >= 11 is 0. The first-order chi connectivity index (χ1) is 7.88. The van der Waals surface area contributed by atoms with E-state index >= 15 is 0 Å². The fourth-order valence-electron chi connectivity index (χ4n) is 1.97. The maximum Gasteiger partial charge on any atom is 0.522 e. The Kier molecular flexibility index (Phi) is 5.20. The zero-order valence-corrected chi connectivity index (χ0v) is 9.29. The number of aliphatic carboxylic acids is 1. The molecular weight excluding hydrogens is 239 g/mol. The summed E-state index contributed by atoms with van der Waals surface area (Å²) in [7, 11) is 0. The van der Waals surface area contributed by atoms with Gasteiger partial charge in [0.05, 0.1) is 12.5 Å². The van der Waals surface area contributed by atoms with E-state index in [4.69, 9.17) is 5.11 Å². The third-order valence-corrected chi connectivity index (χ3v) is 2.88. The van der Waals surface area contributed by atoms with Crippen LogP contribution in [0.15, 0.2) is 0 Å². The average Bonchev–Trinajstić information content (AvgIpc) is 2.24. The number of alkyl halides is 3. The van der Waals surface area contributed by atoms with Crippen molar-refractivity contribution in [2.24, 2.45) is 5.92 Å². The fraction of sp³-hybridized carbons (Fsp3) is 0.900. The Hall–Kier alpha value is -0.820. The minimum absolute atomic E-state index is 0.0995. The molecule has 1 aliphatic carbocycles. The first-order valence-electron chi connectivity index (χ1n) is 5.55. The molecule has 1 aliphatic rings. The smallest absolute Gasteiger partial charge is 0.481 e. The molecule has 0 aromatic carbocycles. The van der Waals surface area contributed by atoms with E-state index in [1.54, 1.807) is 0 Å². The van der Waals surface area contributed by atoms with Crippen LogP contribution in [-0.2, 0) is 9.53 Å². The molecule has 4 nitrogen and oxygen atoms in total. The Morgan fingerprint density at radius 2 is 1.88 bits per heavy atom. The Morgan fingerprint density at radius 1 is 1.29 bits per heavy atom. The van der Waals surface area contributed by atoms with Crippen molar-refractivity contribution in [2.75, 3.05) is 13.2 Å². The van der Waals surface area contributed by atoms with E-state index in [0.29, 0.717) is 25.7 Å². The molecule has 1 saturated carbocycles. The SMILES string of the molecule is O=C(O)C1CCC(NCCOC(F)(F)F)CC1. The van der Waals surface area contributed by atoms with E-state index < -0.39 is 18.9 Å². The molecule has 0 bridgehead atoms. The van der Waals surface area contributed by atoms with E-state index in [9.17, 15) is 18.0 Å². The molecule has 17 heavy (non-hydrogen) atoms. The summed E-state index contributed by atoms with van der Waals surface area (Å²) in [5, 5.41) is 11.7. The number of hydrogen-bond acceptors (Lipinski definition) is 3. The monoisotopic (exact) mass is 255 g/mol. The number of rotatable bonds is 5. The topological polar surface area (TPSA) is 58.6 Å². The van der Waals surface area contributed by atoms with Crippen LogP contribution in [0.2, 0.25) is 0 Å². The van der Waals surface area contributed by atoms with Crippen LogP contribution in [0.3, 0.4) is 0 Å². The summed E-state index contributed by atoms with van der Waals surface area (Å²) < 4.78 is 38.6. The zero-order chi connectivity index (χ0) is 12.9. The van der Waals surface area contributed by atoms with Gasteiger partial charge in [0.15, 0.2) is 0 Å². The molecule has 0 unspecified atom stereocenters. The van der Waals surface area contributed by atoms with Gasteiger partial charge < -0.3 is 10.4 Å². The van der Waals surface area contributed by atoms with Crippen LogP contribution in [0.1, 0.15) is 25.7 Å². The first-order valence-corrected chi connectivity index (χ1v) is 5.55. The van der Waals surface area contributed by atoms with E-state index in [1.807, 2.05) is 0 Å². The Morgan fingerprint density at radius 3 is 2.35 bits per heavy atom. The van der Waals surface area contributed by atoms with Gasteiger partial charge in [0.1, 0.15) is 0 Å². The number of nitrogens with one attached hydrogen (secondary N) is 1. The lowest BCUT2D eigenvalue weighted by Gasteiger charge is -2.26. The van der Waals surface area contributed by atoms with Gasteiger partial charge >= 0.3 is 12.3 Å². The highest BCUT2D eigenvalue weighted by molar-refractivity contribution is 5.70. The molecule has 0 aliphatic heterocycles. The van der Waals surface area contributed by atoms with Crippen LogP contribution in [0.5, 0.6) is 0 Å². The number of hydrogen-bond donors (Lipinski definition) is 2. The fourth-order valence-corrected chi connectivity index (χ4v) is 1.97. The lowest BCUT2D eigenvalue weighted by atomic mass is 9.86. The van der Waals surface area contributed by atoms with Gasteiger partial charge in [-0.3, -0.25) is 9.53 Å². The molecule has 2 N–H and O–H groups in total. The second-order valence-electron chi connectivity index (χ2n) is 4.14. The molecule has 7 heteroatoms. The van der Waals surface area contributed by atoms with Crippen molar-refractivity contribution in [1.82, 2.24) is 5.32 Å². The van der Waals surface area contributed by atoms with Gasteiger partial charge in [-0.15, -0.1) is 13.2 Å². The Bertz CT molecular complexity index is 250. The van der Waals surface area contributed by atoms with Gasteiger partial charge in [-0.25, -0.2) is 0 Å². The van der Waals surface area contributed by atoms with Crippen LogP contribution in [-0.4, -0.2) is 36.6 Å². The number of ether oxygens (including phenoxy) is 1.